The van der Waals surface area contributed by atoms with E-state index in [1.807, 2.05) is 80.0 Å². The zero-order valence-electron chi connectivity index (χ0n) is 13.0. The summed E-state index contributed by atoms with van der Waals surface area (Å²) in [6, 6.07) is 13.6. The molecule has 1 aromatic carbocycles. The molecular formula is C18H19N3O. The smallest absolute Gasteiger partial charge is 0.234 e. The molecule has 0 aliphatic heterocycles. The minimum Gasteiger partial charge on any atom is -0.324 e. The van der Waals surface area contributed by atoms with Gasteiger partial charge in [-0.15, -0.1) is 0 Å². The van der Waals surface area contributed by atoms with Gasteiger partial charge < -0.3 is 9.72 Å². The largest absolute Gasteiger partial charge is 0.324 e. The summed E-state index contributed by atoms with van der Waals surface area (Å²) in [5.74, 6) is -0.0316. The highest BCUT2D eigenvalue weighted by atomic mass is 16.2. The predicted octanol–water partition coefficient (Wildman–Crippen LogP) is 3.56. The first kappa shape index (κ1) is 14.3. The third-order valence-corrected chi connectivity index (χ3v) is 4.01. The molecule has 1 amide bonds. The molecule has 0 fully saturated rings. The Hall–Kier alpha value is -2.62. The van der Waals surface area contributed by atoms with E-state index in [4.69, 9.17) is 0 Å². The second-order valence-electron chi connectivity index (χ2n) is 5.99. The molecule has 4 heteroatoms. The summed E-state index contributed by atoms with van der Waals surface area (Å²) >= 11 is 0. The van der Waals surface area contributed by atoms with Crippen molar-refractivity contribution in [1.82, 2.24) is 9.38 Å². The number of nitrogens with zero attached hydrogens (tertiary/aromatic N) is 2. The van der Waals surface area contributed by atoms with Crippen molar-refractivity contribution >= 4 is 17.2 Å². The maximum atomic E-state index is 12.7. The summed E-state index contributed by atoms with van der Waals surface area (Å²) in [6.07, 6.45) is 3.71. The number of benzene rings is 1. The molecule has 2 aromatic heterocycles. The van der Waals surface area contributed by atoms with Gasteiger partial charge in [-0.1, -0.05) is 30.3 Å². The lowest BCUT2D eigenvalue weighted by molar-refractivity contribution is -0.120. The van der Waals surface area contributed by atoms with Gasteiger partial charge in [0.25, 0.3) is 0 Å². The fourth-order valence-electron chi connectivity index (χ4n) is 2.45. The van der Waals surface area contributed by atoms with E-state index in [1.165, 1.54) is 0 Å². The van der Waals surface area contributed by atoms with Gasteiger partial charge >= 0.3 is 0 Å². The third kappa shape index (κ3) is 2.48. The molecule has 3 aromatic rings. The summed E-state index contributed by atoms with van der Waals surface area (Å²) in [4.78, 5) is 16.9. The molecule has 0 aliphatic rings. The normalized spacial score (nSPS) is 11.6. The van der Waals surface area contributed by atoms with E-state index >= 15 is 0 Å². The first-order valence-electron chi connectivity index (χ1n) is 7.29. The van der Waals surface area contributed by atoms with E-state index < -0.39 is 5.41 Å². The molecule has 0 radical (unpaired) electrons. The third-order valence-electron chi connectivity index (χ3n) is 4.01. The summed E-state index contributed by atoms with van der Waals surface area (Å²) in [6.45, 7) is 5.84. The lowest BCUT2D eigenvalue weighted by Crippen LogP contribution is -2.34. The fraction of sp³-hybridized carbons (Fsp3) is 0.222. The minimum atomic E-state index is -0.597. The molecule has 2 heterocycles. The number of imidazole rings is 1. The second-order valence-corrected chi connectivity index (χ2v) is 5.99. The molecule has 1 N–H and O–H groups in total. The number of hydrogen-bond donors (Lipinski definition) is 1. The highest BCUT2D eigenvalue weighted by Crippen LogP contribution is 2.25. The minimum absolute atomic E-state index is 0.0316. The molecule has 0 bridgehead atoms. The number of rotatable bonds is 3. The molecule has 0 spiro atoms. The number of carbonyl (C=O) groups is 1. The van der Waals surface area contributed by atoms with E-state index in [0.29, 0.717) is 0 Å². The van der Waals surface area contributed by atoms with Crippen molar-refractivity contribution in [2.75, 3.05) is 5.32 Å². The molecule has 0 atom stereocenters. The quantitative estimate of drug-likeness (QED) is 0.802. The van der Waals surface area contributed by atoms with E-state index in [-0.39, 0.29) is 5.91 Å². The van der Waals surface area contributed by atoms with E-state index in [9.17, 15) is 4.79 Å². The molecule has 0 saturated heterocycles. The van der Waals surface area contributed by atoms with Gasteiger partial charge in [0.1, 0.15) is 5.65 Å². The first-order chi connectivity index (χ1) is 10.5. The number of carbonyl (C=O) groups excluding carboxylic acids is 1. The highest BCUT2D eigenvalue weighted by Gasteiger charge is 2.29. The Kier molecular flexibility index (Phi) is 3.45. The molecule has 4 nitrogen and oxygen atoms in total. The first-order valence-corrected chi connectivity index (χ1v) is 7.29. The van der Waals surface area contributed by atoms with Gasteiger partial charge in [0.05, 0.1) is 11.1 Å². The summed E-state index contributed by atoms with van der Waals surface area (Å²) in [7, 11) is 0. The van der Waals surface area contributed by atoms with Crippen LogP contribution in [0.1, 0.15) is 25.1 Å². The van der Waals surface area contributed by atoms with Gasteiger partial charge in [0, 0.05) is 18.1 Å². The predicted molar refractivity (Wildman–Crippen MR) is 88.0 cm³/mol. The molecule has 0 saturated carbocycles. The maximum absolute atomic E-state index is 12.7. The van der Waals surface area contributed by atoms with Crippen LogP contribution in [0.2, 0.25) is 0 Å². The lowest BCUT2D eigenvalue weighted by atomic mass is 9.84. The van der Waals surface area contributed by atoms with Gasteiger partial charge in [-0.05, 0) is 38.5 Å². The number of amides is 1. The number of fused-ring (bicyclic) bond motifs is 1. The average Bonchev–Trinajstić information content (AvgIpc) is 2.89. The lowest BCUT2D eigenvalue weighted by Gasteiger charge is -2.24. The van der Waals surface area contributed by atoms with Crippen molar-refractivity contribution in [1.29, 1.82) is 0 Å². The molecule has 0 unspecified atom stereocenters. The number of aryl methyl sites for hydroxylation is 1. The SMILES string of the molecule is Cc1cnc2ccc(NC(=O)C(C)(C)c3ccccc3)cn12. The van der Waals surface area contributed by atoms with Crippen LogP contribution in [0.4, 0.5) is 5.69 Å². The molecular weight excluding hydrogens is 274 g/mol. The van der Waals surface area contributed by atoms with Crippen LogP contribution in [0.3, 0.4) is 0 Å². The fourth-order valence-corrected chi connectivity index (χ4v) is 2.45. The standard InChI is InChI=1S/C18H19N3O/c1-13-11-19-16-10-9-15(12-21(13)16)20-17(22)18(2,3)14-7-5-4-6-8-14/h4-12H,1-3H3,(H,20,22). The summed E-state index contributed by atoms with van der Waals surface area (Å²) in [5.41, 5.74) is 3.07. The molecule has 22 heavy (non-hydrogen) atoms. The van der Waals surface area contributed by atoms with E-state index in [0.717, 1.165) is 22.6 Å². The Morgan fingerprint density at radius 2 is 1.86 bits per heavy atom. The zero-order chi connectivity index (χ0) is 15.7. The average molecular weight is 293 g/mol. The number of anilines is 1. The van der Waals surface area contributed by atoms with Crippen molar-refractivity contribution in [3.8, 4) is 0 Å². The Bertz CT molecular complexity index is 819. The van der Waals surface area contributed by atoms with Crippen LogP contribution in [-0.4, -0.2) is 15.3 Å². The van der Waals surface area contributed by atoms with Crippen LogP contribution in [0.25, 0.3) is 5.65 Å². The Balaban J connectivity index is 1.87. The zero-order valence-corrected chi connectivity index (χ0v) is 13.0. The van der Waals surface area contributed by atoms with Gasteiger partial charge in [-0.2, -0.15) is 0 Å². The number of nitrogens with one attached hydrogen (secondary N) is 1. The van der Waals surface area contributed by atoms with Crippen molar-refractivity contribution in [3.63, 3.8) is 0 Å². The number of hydrogen-bond acceptors (Lipinski definition) is 2. The van der Waals surface area contributed by atoms with Crippen LogP contribution in [-0.2, 0) is 10.2 Å². The summed E-state index contributed by atoms with van der Waals surface area (Å²) < 4.78 is 1.96. The van der Waals surface area contributed by atoms with Gasteiger partial charge in [-0.25, -0.2) is 4.98 Å². The molecule has 112 valence electrons. The summed E-state index contributed by atoms with van der Waals surface area (Å²) in [5, 5.41) is 3.00. The maximum Gasteiger partial charge on any atom is 0.234 e. The van der Waals surface area contributed by atoms with Gasteiger partial charge in [0.2, 0.25) is 5.91 Å². The van der Waals surface area contributed by atoms with Gasteiger partial charge in [-0.3, -0.25) is 4.79 Å². The van der Waals surface area contributed by atoms with Crippen molar-refractivity contribution in [2.45, 2.75) is 26.2 Å². The highest BCUT2D eigenvalue weighted by molar-refractivity contribution is 5.98. The Morgan fingerprint density at radius 1 is 1.14 bits per heavy atom. The van der Waals surface area contributed by atoms with E-state index in [2.05, 4.69) is 10.3 Å². The van der Waals surface area contributed by atoms with Crippen LogP contribution in [0.15, 0.2) is 54.9 Å². The van der Waals surface area contributed by atoms with Crippen molar-refractivity contribution < 1.29 is 4.79 Å². The van der Waals surface area contributed by atoms with Gasteiger partial charge in [0.15, 0.2) is 0 Å². The molecule has 0 aliphatic carbocycles. The molecule has 3 rings (SSSR count). The Morgan fingerprint density at radius 3 is 2.59 bits per heavy atom. The van der Waals surface area contributed by atoms with Crippen molar-refractivity contribution in [2.24, 2.45) is 0 Å². The Labute approximate surface area is 129 Å². The van der Waals surface area contributed by atoms with Crippen molar-refractivity contribution in [3.05, 3.63) is 66.1 Å². The second kappa shape index (κ2) is 5.30. The monoisotopic (exact) mass is 293 g/mol. The van der Waals surface area contributed by atoms with Crippen LogP contribution in [0, 0.1) is 6.92 Å². The topological polar surface area (TPSA) is 46.4 Å². The number of pyridine rings is 1. The van der Waals surface area contributed by atoms with E-state index in [1.54, 1.807) is 0 Å². The van der Waals surface area contributed by atoms with Crippen LogP contribution >= 0.6 is 0 Å². The van der Waals surface area contributed by atoms with Crippen LogP contribution in [0.5, 0.6) is 0 Å². The number of aromatic nitrogens is 2. The van der Waals surface area contributed by atoms with Crippen LogP contribution < -0.4 is 5.32 Å².